The molecule has 0 aliphatic rings. The van der Waals surface area contributed by atoms with Crippen molar-refractivity contribution < 1.29 is 5.11 Å². The highest BCUT2D eigenvalue weighted by molar-refractivity contribution is 7.99. The summed E-state index contributed by atoms with van der Waals surface area (Å²) in [4.78, 5) is 4.31. The molecule has 0 aliphatic heterocycles. The number of rotatable bonds is 5. The SMILES string of the molecule is CCC(C)CSc1ncccc1[C@@H](C)O. The fourth-order valence-electron chi connectivity index (χ4n) is 1.18. The summed E-state index contributed by atoms with van der Waals surface area (Å²) in [5, 5.41) is 10.5. The molecule has 0 amide bonds. The zero-order valence-corrected chi connectivity index (χ0v) is 10.4. The Bertz CT molecular complexity index is 301. The first-order valence-corrected chi connectivity index (χ1v) is 6.39. The lowest BCUT2D eigenvalue weighted by molar-refractivity contribution is 0.195. The second kappa shape index (κ2) is 6.13. The van der Waals surface area contributed by atoms with Crippen molar-refractivity contribution in [3.8, 4) is 0 Å². The maximum absolute atomic E-state index is 9.57. The number of pyridine rings is 1. The highest BCUT2D eigenvalue weighted by Crippen LogP contribution is 2.27. The van der Waals surface area contributed by atoms with Crippen LogP contribution in [0.25, 0.3) is 0 Å². The number of aromatic nitrogens is 1. The molecule has 0 bridgehead atoms. The van der Waals surface area contributed by atoms with Crippen LogP contribution in [0.5, 0.6) is 0 Å². The largest absolute Gasteiger partial charge is 0.389 e. The van der Waals surface area contributed by atoms with Crippen molar-refractivity contribution in [3.63, 3.8) is 0 Å². The maximum Gasteiger partial charge on any atom is 0.102 e. The third-order valence-electron chi connectivity index (χ3n) is 2.45. The second-order valence-electron chi connectivity index (χ2n) is 3.90. The summed E-state index contributed by atoms with van der Waals surface area (Å²) in [6.07, 6.45) is 2.53. The Morgan fingerprint density at radius 3 is 2.80 bits per heavy atom. The van der Waals surface area contributed by atoms with Crippen molar-refractivity contribution in [2.45, 2.75) is 38.3 Å². The molecule has 1 unspecified atom stereocenters. The lowest BCUT2D eigenvalue weighted by atomic mass is 10.2. The Hall–Kier alpha value is -0.540. The van der Waals surface area contributed by atoms with E-state index in [1.165, 1.54) is 6.42 Å². The van der Waals surface area contributed by atoms with Gasteiger partial charge >= 0.3 is 0 Å². The minimum Gasteiger partial charge on any atom is -0.389 e. The van der Waals surface area contributed by atoms with E-state index in [0.717, 1.165) is 16.3 Å². The van der Waals surface area contributed by atoms with Crippen molar-refractivity contribution in [1.82, 2.24) is 4.98 Å². The van der Waals surface area contributed by atoms with Crippen LogP contribution >= 0.6 is 11.8 Å². The van der Waals surface area contributed by atoms with E-state index in [1.54, 1.807) is 24.9 Å². The summed E-state index contributed by atoms with van der Waals surface area (Å²) in [5.41, 5.74) is 0.936. The first-order chi connectivity index (χ1) is 7.15. The first-order valence-electron chi connectivity index (χ1n) is 5.41. The smallest absolute Gasteiger partial charge is 0.102 e. The lowest BCUT2D eigenvalue weighted by Gasteiger charge is -2.12. The minimum absolute atomic E-state index is 0.432. The summed E-state index contributed by atoms with van der Waals surface area (Å²) in [6.45, 7) is 6.21. The average molecular weight is 225 g/mol. The summed E-state index contributed by atoms with van der Waals surface area (Å²) >= 11 is 1.74. The molecule has 3 heteroatoms. The van der Waals surface area contributed by atoms with Gasteiger partial charge in [0.25, 0.3) is 0 Å². The number of hydrogen-bond acceptors (Lipinski definition) is 3. The van der Waals surface area contributed by atoms with Crippen LogP contribution in [0, 0.1) is 5.92 Å². The van der Waals surface area contributed by atoms with E-state index in [2.05, 4.69) is 18.8 Å². The Morgan fingerprint density at radius 2 is 2.20 bits per heavy atom. The number of nitrogens with zero attached hydrogens (tertiary/aromatic N) is 1. The molecule has 15 heavy (non-hydrogen) atoms. The van der Waals surface area contributed by atoms with E-state index >= 15 is 0 Å². The van der Waals surface area contributed by atoms with Crippen LogP contribution in [0.3, 0.4) is 0 Å². The highest BCUT2D eigenvalue weighted by atomic mass is 32.2. The van der Waals surface area contributed by atoms with E-state index in [4.69, 9.17) is 0 Å². The predicted octanol–water partition coefficient (Wildman–Crippen LogP) is 3.27. The number of aliphatic hydroxyl groups is 1. The standard InChI is InChI=1S/C12H19NOS/c1-4-9(2)8-15-12-11(10(3)14)6-5-7-13-12/h5-7,9-10,14H,4,8H2,1-3H3/t9?,10-/m1/s1. The van der Waals surface area contributed by atoms with E-state index in [0.29, 0.717) is 5.92 Å². The van der Waals surface area contributed by atoms with E-state index in [9.17, 15) is 5.11 Å². The van der Waals surface area contributed by atoms with Crippen LogP contribution in [0.15, 0.2) is 23.4 Å². The molecule has 84 valence electrons. The van der Waals surface area contributed by atoms with Gasteiger partial charge in [0.2, 0.25) is 0 Å². The summed E-state index contributed by atoms with van der Waals surface area (Å²) in [5.74, 6) is 1.76. The summed E-state index contributed by atoms with van der Waals surface area (Å²) in [6, 6.07) is 3.81. The molecule has 1 aromatic heterocycles. The monoisotopic (exact) mass is 225 g/mol. The Kier molecular flexibility index (Phi) is 5.12. The lowest BCUT2D eigenvalue weighted by Crippen LogP contribution is -2.00. The third-order valence-corrected chi connectivity index (χ3v) is 3.80. The van der Waals surface area contributed by atoms with E-state index < -0.39 is 6.10 Å². The Labute approximate surface area is 96.1 Å². The first kappa shape index (κ1) is 12.5. The molecule has 1 heterocycles. The number of thioether (sulfide) groups is 1. The fourth-order valence-corrected chi connectivity index (χ4v) is 2.40. The quantitative estimate of drug-likeness (QED) is 0.781. The molecule has 0 aliphatic carbocycles. The van der Waals surface area contributed by atoms with Crippen molar-refractivity contribution in [1.29, 1.82) is 0 Å². The van der Waals surface area contributed by atoms with Gasteiger partial charge in [-0.2, -0.15) is 0 Å². The minimum atomic E-state index is -0.432. The van der Waals surface area contributed by atoms with Gasteiger partial charge in [0.15, 0.2) is 0 Å². The highest BCUT2D eigenvalue weighted by Gasteiger charge is 2.10. The van der Waals surface area contributed by atoms with Gasteiger partial charge in [-0.15, -0.1) is 11.8 Å². The summed E-state index contributed by atoms with van der Waals surface area (Å²) in [7, 11) is 0. The van der Waals surface area contributed by atoms with Crippen molar-refractivity contribution in [2.24, 2.45) is 5.92 Å². The average Bonchev–Trinajstić information content (AvgIpc) is 2.26. The van der Waals surface area contributed by atoms with Gasteiger partial charge in [-0.3, -0.25) is 0 Å². The third kappa shape index (κ3) is 3.84. The molecule has 0 saturated heterocycles. The van der Waals surface area contributed by atoms with Crippen LogP contribution in [-0.4, -0.2) is 15.8 Å². The topological polar surface area (TPSA) is 33.1 Å². The van der Waals surface area contributed by atoms with Gasteiger partial charge in [-0.25, -0.2) is 4.98 Å². The molecule has 0 radical (unpaired) electrons. The predicted molar refractivity (Wildman–Crippen MR) is 65.0 cm³/mol. The molecule has 0 fully saturated rings. The number of aliphatic hydroxyl groups excluding tert-OH is 1. The molecule has 0 spiro atoms. The zero-order valence-electron chi connectivity index (χ0n) is 9.60. The molecule has 2 atom stereocenters. The molecule has 1 rings (SSSR count). The van der Waals surface area contributed by atoms with Crippen LogP contribution in [-0.2, 0) is 0 Å². The van der Waals surface area contributed by atoms with Crippen LogP contribution < -0.4 is 0 Å². The van der Waals surface area contributed by atoms with Crippen LogP contribution in [0.4, 0.5) is 0 Å². The van der Waals surface area contributed by atoms with Gasteiger partial charge < -0.3 is 5.11 Å². The maximum atomic E-state index is 9.57. The normalized spacial score (nSPS) is 14.9. The van der Waals surface area contributed by atoms with Crippen molar-refractivity contribution >= 4 is 11.8 Å². The molecule has 0 saturated carbocycles. The molecule has 1 N–H and O–H groups in total. The van der Waals surface area contributed by atoms with Gasteiger partial charge in [0, 0.05) is 17.5 Å². The molecular weight excluding hydrogens is 206 g/mol. The van der Waals surface area contributed by atoms with Gasteiger partial charge in [-0.1, -0.05) is 26.3 Å². The van der Waals surface area contributed by atoms with Crippen LogP contribution in [0.1, 0.15) is 38.9 Å². The van der Waals surface area contributed by atoms with Gasteiger partial charge in [-0.05, 0) is 18.9 Å². The zero-order chi connectivity index (χ0) is 11.3. The van der Waals surface area contributed by atoms with Gasteiger partial charge in [0.05, 0.1) is 6.10 Å². The molecule has 2 nitrogen and oxygen atoms in total. The van der Waals surface area contributed by atoms with Gasteiger partial charge in [0.1, 0.15) is 5.03 Å². The van der Waals surface area contributed by atoms with Crippen molar-refractivity contribution in [2.75, 3.05) is 5.75 Å². The molecular formula is C12H19NOS. The Balaban J connectivity index is 2.67. The van der Waals surface area contributed by atoms with Crippen LogP contribution in [0.2, 0.25) is 0 Å². The summed E-state index contributed by atoms with van der Waals surface area (Å²) < 4.78 is 0. The number of hydrogen-bond donors (Lipinski definition) is 1. The van der Waals surface area contributed by atoms with E-state index in [1.807, 2.05) is 12.1 Å². The Morgan fingerprint density at radius 1 is 1.47 bits per heavy atom. The molecule has 1 aromatic rings. The molecule has 0 aromatic carbocycles. The van der Waals surface area contributed by atoms with Crippen molar-refractivity contribution in [3.05, 3.63) is 23.9 Å². The fraction of sp³-hybridized carbons (Fsp3) is 0.583. The van der Waals surface area contributed by atoms with E-state index in [-0.39, 0.29) is 0 Å². The second-order valence-corrected chi connectivity index (χ2v) is 4.91.